The summed E-state index contributed by atoms with van der Waals surface area (Å²) in [6.45, 7) is 9.95. The van der Waals surface area contributed by atoms with Crippen LogP contribution >= 0.6 is 0 Å². The van der Waals surface area contributed by atoms with Gasteiger partial charge in [0.2, 0.25) is 5.91 Å². The molecule has 1 aliphatic heterocycles. The number of nitrogens with zero attached hydrogens (tertiary/aromatic N) is 2. The van der Waals surface area contributed by atoms with Crippen molar-refractivity contribution in [2.45, 2.75) is 26.2 Å². The lowest BCUT2D eigenvalue weighted by atomic mass is 9.86. The second-order valence-electron chi connectivity index (χ2n) is 8.19. The molecule has 0 unspecified atom stereocenters. The average Bonchev–Trinajstić information content (AvgIpc) is 2.71. The van der Waals surface area contributed by atoms with E-state index < -0.39 is 0 Å². The molecule has 0 atom stereocenters. The van der Waals surface area contributed by atoms with Gasteiger partial charge in [-0.2, -0.15) is 0 Å². The van der Waals surface area contributed by atoms with Gasteiger partial charge in [0.15, 0.2) is 0 Å². The summed E-state index contributed by atoms with van der Waals surface area (Å²) < 4.78 is 5.47. The van der Waals surface area contributed by atoms with Gasteiger partial charge in [0.05, 0.1) is 19.3 Å². The molecule has 1 N–H and O–H groups in total. The highest BCUT2D eigenvalue weighted by atomic mass is 16.5. The van der Waals surface area contributed by atoms with Gasteiger partial charge in [-0.15, -0.1) is 0 Å². The van der Waals surface area contributed by atoms with E-state index in [1.165, 1.54) is 5.56 Å². The zero-order chi connectivity index (χ0) is 20.1. The van der Waals surface area contributed by atoms with Gasteiger partial charge in [0.25, 0.3) is 0 Å². The number of carbonyl (C=O) groups excluding carboxylic acids is 1. The third-order valence-corrected chi connectivity index (χ3v) is 5.22. The topological polar surface area (TPSA) is 44.8 Å². The lowest BCUT2D eigenvalue weighted by Crippen LogP contribution is -2.50. The fourth-order valence-electron chi connectivity index (χ4n) is 3.66. The minimum absolute atomic E-state index is 0.0347. The highest BCUT2D eigenvalue weighted by molar-refractivity contribution is 5.81. The first-order chi connectivity index (χ1) is 13.4. The number of carbonyl (C=O) groups is 1. The number of ether oxygens (including phenoxy) is 1. The molecule has 28 heavy (non-hydrogen) atoms. The Morgan fingerprint density at radius 3 is 2.32 bits per heavy atom. The molecular formula is C23H31N3O2. The monoisotopic (exact) mass is 381 g/mol. The zero-order valence-corrected chi connectivity index (χ0v) is 17.4. The van der Waals surface area contributed by atoms with Gasteiger partial charge in [-0.1, -0.05) is 51.1 Å². The SMILES string of the molecule is COc1ccccc1N1CCN(C(=O)CNc2ccccc2C(C)(C)C)CC1. The van der Waals surface area contributed by atoms with Crippen LogP contribution in [0.3, 0.4) is 0 Å². The van der Waals surface area contributed by atoms with E-state index in [1.807, 2.05) is 41.3 Å². The first-order valence-electron chi connectivity index (χ1n) is 9.89. The van der Waals surface area contributed by atoms with Crippen molar-refractivity contribution in [2.24, 2.45) is 0 Å². The van der Waals surface area contributed by atoms with E-state index in [4.69, 9.17) is 4.74 Å². The Labute approximate surface area is 168 Å². The Kier molecular flexibility index (Phi) is 6.12. The van der Waals surface area contributed by atoms with Crippen molar-refractivity contribution < 1.29 is 9.53 Å². The molecule has 2 aromatic rings. The molecule has 0 aliphatic carbocycles. The predicted molar refractivity (Wildman–Crippen MR) is 115 cm³/mol. The maximum absolute atomic E-state index is 12.7. The van der Waals surface area contributed by atoms with Crippen molar-refractivity contribution in [1.82, 2.24) is 4.90 Å². The summed E-state index contributed by atoms with van der Waals surface area (Å²) in [7, 11) is 1.69. The van der Waals surface area contributed by atoms with Gasteiger partial charge in [-0.05, 0) is 29.2 Å². The van der Waals surface area contributed by atoms with Crippen molar-refractivity contribution in [3.63, 3.8) is 0 Å². The predicted octanol–water partition coefficient (Wildman–Crippen LogP) is 3.75. The lowest BCUT2D eigenvalue weighted by Gasteiger charge is -2.36. The molecule has 1 saturated heterocycles. The minimum atomic E-state index is 0.0347. The maximum atomic E-state index is 12.7. The Morgan fingerprint density at radius 1 is 1.00 bits per heavy atom. The lowest BCUT2D eigenvalue weighted by molar-refractivity contribution is -0.129. The van der Waals surface area contributed by atoms with E-state index in [1.54, 1.807) is 7.11 Å². The molecule has 150 valence electrons. The van der Waals surface area contributed by atoms with E-state index in [9.17, 15) is 4.79 Å². The molecule has 2 aromatic carbocycles. The van der Waals surface area contributed by atoms with Crippen molar-refractivity contribution in [2.75, 3.05) is 50.1 Å². The molecule has 3 rings (SSSR count). The standard InChI is InChI=1S/C23H31N3O2/c1-23(2,3)18-9-5-6-10-19(18)24-17-22(27)26-15-13-25(14-16-26)20-11-7-8-12-21(20)28-4/h5-12,24H,13-17H2,1-4H3. The number of hydrogen-bond acceptors (Lipinski definition) is 4. The van der Waals surface area contributed by atoms with Gasteiger partial charge in [0.1, 0.15) is 5.75 Å². The summed E-state index contributed by atoms with van der Waals surface area (Å²) >= 11 is 0. The number of amides is 1. The third kappa shape index (κ3) is 4.58. The first kappa shape index (κ1) is 20.1. The quantitative estimate of drug-likeness (QED) is 0.857. The van der Waals surface area contributed by atoms with Crippen LogP contribution in [-0.4, -0.2) is 50.6 Å². The first-order valence-corrected chi connectivity index (χ1v) is 9.89. The fraction of sp³-hybridized carbons (Fsp3) is 0.435. The average molecular weight is 382 g/mol. The second kappa shape index (κ2) is 8.55. The van der Waals surface area contributed by atoms with Crippen LogP contribution in [0.25, 0.3) is 0 Å². The van der Waals surface area contributed by atoms with Gasteiger partial charge in [-0.25, -0.2) is 0 Å². The van der Waals surface area contributed by atoms with E-state index in [0.29, 0.717) is 6.54 Å². The molecule has 0 saturated carbocycles. The summed E-state index contributed by atoms with van der Waals surface area (Å²) in [5.41, 5.74) is 3.39. The summed E-state index contributed by atoms with van der Waals surface area (Å²) in [5, 5.41) is 3.35. The van der Waals surface area contributed by atoms with Gasteiger partial charge in [0, 0.05) is 31.9 Å². The van der Waals surface area contributed by atoms with Crippen LogP contribution in [0.4, 0.5) is 11.4 Å². The van der Waals surface area contributed by atoms with E-state index in [2.05, 4.69) is 43.1 Å². The molecule has 1 fully saturated rings. The molecule has 0 radical (unpaired) electrons. The Bertz CT molecular complexity index is 805. The van der Waals surface area contributed by atoms with E-state index in [0.717, 1.165) is 43.3 Å². The van der Waals surface area contributed by atoms with Crippen LogP contribution in [0.15, 0.2) is 48.5 Å². The number of hydrogen-bond donors (Lipinski definition) is 1. The molecule has 1 heterocycles. The molecule has 0 bridgehead atoms. The second-order valence-corrected chi connectivity index (χ2v) is 8.19. The van der Waals surface area contributed by atoms with E-state index in [-0.39, 0.29) is 11.3 Å². The largest absolute Gasteiger partial charge is 0.495 e. The molecule has 5 heteroatoms. The minimum Gasteiger partial charge on any atom is -0.495 e. The summed E-state index contributed by atoms with van der Waals surface area (Å²) in [6.07, 6.45) is 0. The number of methoxy groups -OCH3 is 1. The van der Waals surface area contributed by atoms with Gasteiger partial charge in [-0.3, -0.25) is 4.79 Å². The number of piperazine rings is 1. The summed E-state index contributed by atoms with van der Waals surface area (Å²) in [5.74, 6) is 1.02. The van der Waals surface area contributed by atoms with Crippen LogP contribution in [0.5, 0.6) is 5.75 Å². The zero-order valence-electron chi connectivity index (χ0n) is 17.4. The Hall–Kier alpha value is -2.69. The normalized spacial score (nSPS) is 14.7. The molecule has 0 spiro atoms. The highest BCUT2D eigenvalue weighted by Gasteiger charge is 2.23. The van der Waals surface area contributed by atoms with Gasteiger partial charge < -0.3 is 19.9 Å². The van der Waals surface area contributed by atoms with Crippen LogP contribution in [-0.2, 0) is 10.2 Å². The fourth-order valence-corrected chi connectivity index (χ4v) is 3.66. The summed E-state index contributed by atoms with van der Waals surface area (Å²) in [4.78, 5) is 16.9. The number of anilines is 2. The Balaban J connectivity index is 1.57. The van der Waals surface area contributed by atoms with Gasteiger partial charge >= 0.3 is 0 Å². The van der Waals surface area contributed by atoms with Crippen LogP contribution in [0.2, 0.25) is 0 Å². The number of nitrogens with one attached hydrogen (secondary N) is 1. The highest BCUT2D eigenvalue weighted by Crippen LogP contribution is 2.30. The van der Waals surface area contributed by atoms with Crippen molar-refractivity contribution in [1.29, 1.82) is 0 Å². The van der Waals surface area contributed by atoms with Crippen molar-refractivity contribution >= 4 is 17.3 Å². The van der Waals surface area contributed by atoms with Crippen LogP contribution in [0, 0.1) is 0 Å². The third-order valence-electron chi connectivity index (χ3n) is 5.22. The number of para-hydroxylation sites is 3. The van der Waals surface area contributed by atoms with Crippen LogP contribution in [0.1, 0.15) is 26.3 Å². The number of benzene rings is 2. The summed E-state index contributed by atoms with van der Waals surface area (Å²) in [6, 6.07) is 16.3. The molecule has 5 nitrogen and oxygen atoms in total. The number of rotatable bonds is 5. The maximum Gasteiger partial charge on any atom is 0.241 e. The Morgan fingerprint density at radius 2 is 1.64 bits per heavy atom. The van der Waals surface area contributed by atoms with Crippen molar-refractivity contribution in [3.05, 3.63) is 54.1 Å². The molecular weight excluding hydrogens is 350 g/mol. The molecule has 1 aliphatic rings. The van der Waals surface area contributed by atoms with Crippen molar-refractivity contribution in [3.8, 4) is 5.75 Å². The smallest absolute Gasteiger partial charge is 0.241 e. The molecule has 0 aromatic heterocycles. The molecule has 1 amide bonds. The van der Waals surface area contributed by atoms with E-state index >= 15 is 0 Å². The van der Waals surface area contributed by atoms with Crippen LogP contribution < -0.4 is 15.0 Å².